The van der Waals surface area contributed by atoms with E-state index < -0.39 is 0 Å². The van der Waals surface area contributed by atoms with Crippen molar-refractivity contribution < 1.29 is 9.59 Å². The normalized spacial score (nSPS) is 17.3. The van der Waals surface area contributed by atoms with E-state index in [2.05, 4.69) is 38.7 Å². The van der Waals surface area contributed by atoms with Gasteiger partial charge in [0.2, 0.25) is 11.8 Å². The van der Waals surface area contributed by atoms with E-state index in [1.165, 1.54) is 12.5 Å². The van der Waals surface area contributed by atoms with Crippen LogP contribution in [0.5, 0.6) is 0 Å². The van der Waals surface area contributed by atoms with Crippen molar-refractivity contribution in [3.05, 3.63) is 34.3 Å². The molecule has 24 heavy (non-hydrogen) atoms. The lowest BCUT2D eigenvalue weighted by atomic mass is 9.96. The Hall–Kier alpha value is -1.36. The van der Waals surface area contributed by atoms with Gasteiger partial charge in [0, 0.05) is 17.4 Å². The smallest absolute Gasteiger partial charge is 0.243 e. The largest absolute Gasteiger partial charge is 0.352 e. The van der Waals surface area contributed by atoms with Gasteiger partial charge in [0.05, 0.1) is 0 Å². The minimum atomic E-state index is -0.389. The van der Waals surface area contributed by atoms with Crippen molar-refractivity contribution in [2.24, 2.45) is 5.92 Å². The third kappa shape index (κ3) is 5.93. The predicted octanol–water partition coefficient (Wildman–Crippen LogP) is 3.58. The van der Waals surface area contributed by atoms with E-state index >= 15 is 0 Å². The average Bonchev–Trinajstić information content (AvgIpc) is 3.06. The Labute approximate surface area is 152 Å². The van der Waals surface area contributed by atoms with Crippen LogP contribution in [0.25, 0.3) is 0 Å². The van der Waals surface area contributed by atoms with Crippen molar-refractivity contribution in [2.75, 3.05) is 0 Å². The molecule has 0 bridgehead atoms. The van der Waals surface area contributed by atoms with Gasteiger partial charge in [0.1, 0.15) is 6.04 Å². The molecule has 0 heterocycles. The van der Waals surface area contributed by atoms with Gasteiger partial charge in [-0.1, -0.05) is 40.9 Å². The maximum Gasteiger partial charge on any atom is 0.243 e. The lowest BCUT2D eigenvalue weighted by Gasteiger charge is -2.25. The Bertz CT molecular complexity index is 553. The number of benzene rings is 1. The molecule has 4 nitrogen and oxygen atoms in total. The fourth-order valence-electron chi connectivity index (χ4n) is 3.35. The number of hydrogen-bond acceptors (Lipinski definition) is 2. The van der Waals surface area contributed by atoms with Crippen molar-refractivity contribution in [3.8, 4) is 0 Å². The van der Waals surface area contributed by atoms with Crippen molar-refractivity contribution in [3.63, 3.8) is 0 Å². The third-order valence-electron chi connectivity index (χ3n) is 4.68. The van der Waals surface area contributed by atoms with E-state index in [1.54, 1.807) is 0 Å². The minimum absolute atomic E-state index is 0.0413. The molecule has 1 aromatic carbocycles. The van der Waals surface area contributed by atoms with Gasteiger partial charge in [0.15, 0.2) is 0 Å². The number of carbonyl (C=O) groups excluding carboxylic acids is 2. The fourth-order valence-corrected chi connectivity index (χ4v) is 3.61. The molecule has 132 valence electrons. The number of hydrogen-bond donors (Lipinski definition) is 2. The molecule has 1 aliphatic carbocycles. The zero-order valence-corrected chi connectivity index (χ0v) is 16.1. The standard InChI is InChI=1S/C19H27BrN2O2/c1-13(7-8-15-9-11-17(20)12-10-15)21-19(24)18(22-14(2)23)16-5-3-4-6-16/h9-13,16,18H,3-8H2,1-2H3,(H,21,24)(H,22,23). The number of aryl methyl sites for hydroxylation is 1. The summed E-state index contributed by atoms with van der Waals surface area (Å²) >= 11 is 3.43. The van der Waals surface area contributed by atoms with Crippen molar-refractivity contribution >= 4 is 27.7 Å². The van der Waals surface area contributed by atoms with E-state index in [9.17, 15) is 9.59 Å². The highest BCUT2D eigenvalue weighted by Crippen LogP contribution is 2.28. The van der Waals surface area contributed by atoms with Crippen LogP contribution in [0.4, 0.5) is 0 Å². The van der Waals surface area contributed by atoms with Gasteiger partial charge in [-0.3, -0.25) is 9.59 Å². The predicted molar refractivity (Wildman–Crippen MR) is 99.6 cm³/mol. The molecule has 2 rings (SSSR count). The zero-order valence-electron chi connectivity index (χ0n) is 14.5. The number of halogens is 1. The van der Waals surface area contributed by atoms with E-state index in [4.69, 9.17) is 0 Å². The van der Waals surface area contributed by atoms with Gasteiger partial charge < -0.3 is 10.6 Å². The van der Waals surface area contributed by atoms with Crippen LogP contribution in [0, 0.1) is 5.92 Å². The molecule has 1 saturated carbocycles. The van der Waals surface area contributed by atoms with Gasteiger partial charge in [0.25, 0.3) is 0 Å². The first-order valence-corrected chi connectivity index (χ1v) is 9.57. The van der Waals surface area contributed by atoms with Gasteiger partial charge in [-0.05, 0) is 56.2 Å². The molecule has 0 radical (unpaired) electrons. The monoisotopic (exact) mass is 394 g/mol. The first-order valence-electron chi connectivity index (χ1n) is 8.77. The van der Waals surface area contributed by atoms with Crippen LogP contribution >= 0.6 is 15.9 Å². The third-order valence-corrected chi connectivity index (χ3v) is 5.21. The van der Waals surface area contributed by atoms with E-state index in [0.29, 0.717) is 0 Å². The maximum absolute atomic E-state index is 12.6. The van der Waals surface area contributed by atoms with Crippen LogP contribution in [0.2, 0.25) is 0 Å². The summed E-state index contributed by atoms with van der Waals surface area (Å²) < 4.78 is 1.07. The topological polar surface area (TPSA) is 58.2 Å². The lowest BCUT2D eigenvalue weighted by Crippen LogP contribution is -2.51. The molecular formula is C19H27BrN2O2. The van der Waals surface area contributed by atoms with Crippen molar-refractivity contribution in [1.82, 2.24) is 10.6 Å². The summed E-state index contributed by atoms with van der Waals surface area (Å²) in [5.41, 5.74) is 1.26. The summed E-state index contributed by atoms with van der Waals surface area (Å²) in [4.78, 5) is 24.0. The maximum atomic E-state index is 12.6. The Kier molecular flexibility index (Phi) is 7.28. The van der Waals surface area contributed by atoms with Crippen LogP contribution in [0.3, 0.4) is 0 Å². The van der Waals surface area contributed by atoms with Gasteiger partial charge in [-0.25, -0.2) is 0 Å². The molecule has 5 heteroatoms. The van der Waals surface area contributed by atoms with E-state index in [1.807, 2.05) is 19.1 Å². The van der Waals surface area contributed by atoms with Crippen LogP contribution in [0.15, 0.2) is 28.7 Å². The van der Waals surface area contributed by atoms with Crippen LogP contribution < -0.4 is 10.6 Å². The molecule has 2 atom stereocenters. The highest BCUT2D eigenvalue weighted by Gasteiger charge is 2.31. The molecule has 2 amide bonds. The summed E-state index contributed by atoms with van der Waals surface area (Å²) in [6.07, 6.45) is 6.13. The fraction of sp³-hybridized carbons (Fsp3) is 0.579. The minimum Gasteiger partial charge on any atom is -0.352 e. The van der Waals surface area contributed by atoms with Gasteiger partial charge >= 0.3 is 0 Å². The Balaban J connectivity index is 1.85. The summed E-state index contributed by atoms with van der Waals surface area (Å²) in [5, 5.41) is 5.93. The van der Waals surface area contributed by atoms with Gasteiger partial charge in [-0.15, -0.1) is 0 Å². The number of rotatable bonds is 7. The number of carbonyl (C=O) groups is 2. The average molecular weight is 395 g/mol. The second-order valence-electron chi connectivity index (χ2n) is 6.80. The van der Waals surface area contributed by atoms with Crippen molar-refractivity contribution in [1.29, 1.82) is 0 Å². The molecule has 0 aliphatic heterocycles. The second-order valence-corrected chi connectivity index (χ2v) is 7.71. The van der Waals surface area contributed by atoms with Crippen LogP contribution in [-0.4, -0.2) is 23.9 Å². The molecular weight excluding hydrogens is 368 g/mol. The Morgan fingerprint density at radius 2 is 1.79 bits per heavy atom. The highest BCUT2D eigenvalue weighted by atomic mass is 79.9. The number of nitrogens with one attached hydrogen (secondary N) is 2. The zero-order chi connectivity index (χ0) is 17.5. The molecule has 2 unspecified atom stereocenters. The molecule has 1 aromatic rings. The van der Waals surface area contributed by atoms with Crippen molar-refractivity contribution in [2.45, 2.75) is 64.5 Å². The summed E-state index contributed by atoms with van der Waals surface area (Å²) in [6.45, 7) is 3.50. The van der Waals surface area contributed by atoms with E-state index in [0.717, 1.165) is 43.0 Å². The summed E-state index contributed by atoms with van der Waals surface area (Å²) in [6, 6.07) is 7.95. The Morgan fingerprint density at radius 3 is 2.38 bits per heavy atom. The number of amides is 2. The first-order chi connectivity index (χ1) is 11.5. The SMILES string of the molecule is CC(=O)NC(C(=O)NC(C)CCc1ccc(Br)cc1)C1CCCC1. The molecule has 2 N–H and O–H groups in total. The Morgan fingerprint density at radius 1 is 1.17 bits per heavy atom. The van der Waals surface area contributed by atoms with Gasteiger partial charge in [-0.2, -0.15) is 0 Å². The van der Waals surface area contributed by atoms with Crippen LogP contribution in [-0.2, 0) is 16.0 Å². The molecule has 0 aromatic heterocycles. The first kappa shape index (κ1) is 19.0. The van der Waals surface area contributed by atoms with Crippen LogP contribution in [0.1, 0.15) is 51.5 Å². The second kappa shape index (κ2) is 9.21. The molecule has 0 spiro atoms. The molecule has 1 aliphatic rings. The quantitative estimate of drug-likeness (QED) is 0.742. The highest BCUT2D eigenvalue weighted by molar-refractivity contribution is 9.10. The molecule has 0 saturated heterocycles. The molecule has 1 fully saturated rings. The lowest BCUT2D eigenvalue weighted by molar-refractivity contribution is -0.129. The summed E-state index contributed by atoms with van der Waals surface area (Å²) in [7, 11) is 0. The summed E-state index contributed by atoms with van der Waals surface area (Å²) in [5.74, 6) is 0.0949. The van der Waals surface area contributed by atoms with E-state index in [-0.39, 0.29) is 29.8 Å².